The standard InChI is InChI=1S/C12H18BrN3O/c1-16-12(10(13)8-15-16)11(17)5-4-9-3-2-6-14-7-9/h8-9,14H,2-7H2,1H3. The number of hydrogen-bond donors (Lipinski definition) is 1. The van der Waals surface area contributed by atoms with Crippen LogP contribution in [0.2, 0.25) is 0 Å². The molecular formula is C12H18BrN3O. The molecule has 94 valence electrons. The van der Waals surface area contributed by atoms with Crippen LogP contribution in [0.4, 0.5) is 0 Å². The predicted molar refractivity (Wildman–Crippen MR) is 70.1 cm³/mol. The van der Waals surface area contributed by atoms with Gasteiger partial charge in [-0.15, -0.1) is 0 Å². The lowest BCUT2D eigenvalue weighted by molar-refractivity contribution is 0.0961. The Bertz CT molecular complexity index is 377. The van der Waals surface area contributed by atoms with Crippen LogP contribution in [-0.2, 0) is 7.05 Å². The maximum absolute atomic E-state index is 12.1. The van der Waals surface area contributed by atoms with E-state index in [0.717, 1.165) is 24.0 Å². The van der Waals surface area contributed by atoms with Crippen LogP contribution in [-0.4, -0.2) is 28.7 Å². The van der Waals surface area contributed by atoms with Crippen LogP contribution in [0.1, 0.15) is 36.2 Å². The van der Waals surface area contributed by atoms with E-state index in [4.69, 9.17) is 0 Å². The number of piperidine rings is 1. The van der Waals surface area contributed by atoms with E-state index in [2.05, 4.69) is 26.3 Å². The summed E-state index contributed by atoms with van der Waals surface area (Å²) in [5.74, 6) is 0.835. The lowest BCUT2D eigenvalue weighted by Gasteiger charge is -2.22. The van der Waals surface area contributed by atoms with E-state index in [1.54, 1.807) is 17.9 Å². The Kier molecular flexibility index (Phi) is 4.34. The summed E-state index contributed by atoms with van der Waals surface area (Å²) >= 11 is 3.37. The van der Waals surface area contributed by atoms with Gasteiger partial charge in [0.1, 0.15) is 5.69 Å². The van der Waals surface area contributed by atoms with Crippen molar-refractivity contribution in [2.75, 3.05) is 13.1 Å². The SMILES string of the molecule is Cn1ncc(Br)c1C(=O)CCC1CCCNC1. The van der Waals surface area contributed by atoms with Crippen molar-refractivity contribution in [3.63, 3.8) is 0 Å². The molecule has 0 saturated carbocycles. The third-order valence-electron chi connectivity index (χ3n) is 3.34. The Morgan fingerprint density at radius 1 is 1.71 bits per heavy atom. The van der Waals surface area contributed by atoms with Crippen LogP contribution >= 0.6 is 15.9 Å². The highest BCUT2D eigenvalue weighted by atomic mass is 79.9. The summed E-state index contributed by atoms with van der Waals surface area (Å²) in [5, 5.41) is 7.45. The Labute approximate surface area is 110 Å². The van der Waals surface area contributed by atoms with E-state index >= 15 is 0 Å². The van der Waals surface area contributed by atoms with Crippen molar-refractivity contribution in [3.05, 3.63) is 16.4 Å². The second kappa shape index (κ2) is 5.78. The number of halogens is 1. The molecule has 0 spiro atoms. The first kappa shape index (κ1) is 12.8. The highest BCUT2D eigenvalue weighted by Crippen LogP contribution is 2.21. The van der Waals surface area contributed by atoms with Crippen molar-refractivity contribution in [1.29, 1.82) is 0 Å². The molecule has 2 heterocycles. The molecule has 1 aliphatic heterocycles. The number of aromatic nitrogens is 2. The minimum Gasteiger partial charge on any atom is -0.316 e. The van der Waals surface area contributed by atoms with Gasteiger partial charge in [-0.25, -0.2) is 0 Å². The minimum atomic E-state index is 0.183. The maximum Gasteiger partial charge on any atom is 0.182 e. The number of nitrogens with one attached hydrogen (secondary N) is 1. The summed E-state index contributed by atoms with van der Waals surface area (Å²) in [4.78, 5) is 12.1. The van der Waals surface area contributed by atoms with E-state index in [-0.39, 0.29) is 5.78 Å². The number of rotatable bonds is 4. The normalized spacial score (nSPS) is 20.5. The third kappa shape index (κ3) is 3.16. The van der Waals surface area contributed by atoms with Crippen LogP contribution in [0.25, 0.3) is 0 Å². The van der Waals surface area contributed by atoms with Gasteiger partial charge in [0.15, 0.2) is 5.78 Å². The van der Waals surface area contributed by atoms with E-state index in [9.17, 15) is 4.79 Å². The van der Waals surface area contributed by atoms with Gasteiger partial charge in [0.05, 0.1) is 10.7 Å². The Morgan fingerprint density at radius 2 is 2.53 bits per heavy atom. The van der Waals surface area contributed by atoms with Crippen molar-refractivity contribution in [1.82, 2.24) is 15.1 Å². The van der Waals surface area contributed by atoms with Gasteiger partial charge in [0, 0.05) is 13.5 Å². The summed E-state index contributed by atoms with van der Waals surface area (Å²) in [7, 11) is 1.81. The molecule has 1 aromatic heterocycles. The average Bonchev–Trinajstić information content (AvgIpc) is 2.67. The molecule has 1 fully saturated rings. The number of hydrogen-bond acceptors (Lipinski definition) is 3. The molecule has 4 nitrogen and oxygen atoms in total. The van der Waals surface area contributed by atoms with E-state index in [1.165, 1.54) is 12.8 Å². The van der Waals surface area contributed by atoms with E-state index in [1.807, 2.05) is 0 Å². The first-order valence-electron chi connectivity index (χ1n) is 6.10. The fourth-order valence-electron chi connectivity index (χ4n) is 2.35. The Hall–Kier alpha value is -0.680. The van der Waals surface area contributed by atoms with Crippen molar-refractivity contribution in [2.45, 2.75) is 25.7 Å². The lowest BCUT2D eigenvalue weighted by atomic mass is 9.93. The van der Waals surface area contributed by atoms with Crippen LogP contribution < -0.4 is 5.32 Å². The monoisotopic (exact) mass is 299 g/mol. The van der Waals surface area contributed by atoms with Crippen LogP contribution in [0.15, 0.2) is 10.7 Å². The molecule has 1 unspecified atom stereocenters. The van der Waals surface area contributed by atoms with E-state index < -0.39 is 0 Å². The maximum atomic E-state index is 12.1. The third-order valence-corrected chi connectivity index (χ3v) is 3.92. The van der Waals surface area contributed by atoms with Gasteiger partial charge in [-0.3, -0.25) is 9.48 Å². The summed E-state index contributed by atoms with van der Waals surface area (Å²) < 4.78 is 2.44. The molecule has 17 heavy (non-hydrogen) atoms. The molecule has 1 aromatic rings. The molecular weight excluding hydrogens is 282 g/mol. The van der Waals surface area contributed by atoms with Crippen molar-refractivity contribution in [2.24, 2.45) is 13.0 Å². The molecule has 0 aliphatic carbocycles. The molecule has 0 amide bonds. The van der Waals surface area contributed by atoms with Gasteiger partial charge in [-0.05, 0) is 54.2 Å². The Balaban J connectivity index is 1.89. The molecule has 1 saturated heterocycles. The quantitative estimate of drug-likeness (QED) is 0.867. The molecule has 1 atom stereocenters. The Morgan fingerprint density at radius 3 is 3.12 bits per heavy atom. The van der Waals surface area contributed by atoms with Gasteiger partial charge >= 0.3 is 0 Å². The molecule has 5 heteroatoms. The smallest absolute Gasteiger partial charge is 0.182 e. The fraction of sp³-hybridized carbons (Fsp3) is 0.667. The largest absolute Gasteiger partial charge is 0.316 e. The number of Topliss-reactive ketones (excluding diaryl/α,β-unsaturated/α-hetero) is 1. The summed E-state index contributed by atoms with van der Waals surface area (Å²) in [5.41, 5.74) is 0.689. The highest BCUT2D eigenvalue weighted by Gasteiger charge is 2.18. The van der Waals surface area contributed by atoms with Crippen molar-refractivity contribution in [3.8, 4) is 0 Å². The topological polar surface area (TPSA) is 46.9 Å². The van der Waals surface area contributed by atoms with E-state index in [0.29, 0.717) is 18.0 Å². The molecule has 1 N–H and O–H groups in total. The number of aryl methyl sites for hydroxylation is 1. The number of carbonyl (C=O) groups is 1. The molecule has 2 rings (SSSR count). The molecule has 0 aromatic carbocycles. The number of nitrogens with zero attached hydrogens (tertiary/aromatic N) is 2. The highest BCUT2D eigenvalue weighted by molar-refractivity contribution is 9.10. The van der Waals surface area contributed by atoms with Gasteiger partial charge in [0.25, 0.3) is 0 Å². The molecule has 1 aliphatic rings. The van der Waals surface area contributed by atoms with Gasteiger partial charge in [-0.1, -0.05) is 0 Å². The van der Waals surface area contributed by atoms with Gasteiger partial charge < -0.3 is 5.32 Å². The second-order valence-electron chi connectivity index (χ2n) is 4.64. The zero-order chi connectivity index (χ0) is 12.3. The van der Waals surface area contributed by atoms with Crippen LogP contribution in [0, 0.1) is 5.92 Å². The van der Waals surface area contributed by atoms with Crippen LogP contribution in [0.3, 0.4) is 0 Å². The molecule has 0 bridgehead atoms. The zero-order valence-electron chi connectivity index (χ0n) is 10.1. The number of carbonyl (C=O) groups excluding carboxylic acids is 1. The number of ketones is 1. The molecule has 0 radical (unpaired) electrons. The van der Waals surface area contributed by atoms with Crippen molar-refractivity contribution < 1.29 is 4.79 Å². The fourth-order valence-corrected chi connectivity index (χ4v) is 2.92. The summed E-state index contributed by atoms with van der Waals surface area (Å²) in [6, 6.07) is 0. The summed E-state index contributed by atoms with van der Waals surface area (Å²) in [6.07, 6.45) is 5.74. The summed E-state index contributed by atoms with van der Waals surface area (Å²) in [6.45, 7) is 2.18. The average molecular weight is 300 g/mol. The van der Waals surface area contributed by atoms with Crippen molar-refractivity contribution >= 4 is 21.7 Å². The van der Waals surface area contributed by atoms with Gasteiger partial charge in [0.2, 0.25) is 0 Å². The first-order chi connectivity index (χ1) is 8.18. The first-order valence-corrected chi connectivity index (χ1v) is 6.89. The van der Waals surface area contributed by atoms with Crippen LogP contribution in [0.5, 0.6) is 0 Å². The van der Waals surface area contributed by atoms with Gasteiger partial charge in [-0.2, -0.15) is 5.10 Å². The zero-order valence-corrected chi connectivity index (χ0v) is 11.7. The lowest BCUT2D eigenvalue weighted by Crippen LogP contribution is -2.30. The predicted octanol–water partition coefficient (Wildman–Crippen LogP) is 2.15. The minimum absolute atomic E-state index is 0.183. The second-order valence-corrected chi connectivity index (χ2v) is 5.49.